The van der Waals surface area contributed by atoms with Gasteiger partial charge in [-0.3, -0.25) is 4.79 Å². The van der Waals surface area contributed by atoms with Crippen molar-refractivity contribution in [3.05, 3.63) is 61.5 Å². The largest absolute Gasteiger partial charge is 0.486 e. The van der Waals surface area contributed by atoms with Crippen molar-refractivity contribution in [1.29, 1.82) is 0 Å². The van der Waals surface area contributed by atoms with Crippen molar-refractivity contribution in [2.75, 3.05) is 0 Å². The van der Waals surface area contributed by atoms with E-state index < -0.39 is 5.97 Å². The Balaban J connectivity index is 2.28. The molecule has 0 aliphatic carbocycles. The minimum atomic E-state index is -1.19. The van der Waals surface area contributed by atoms with Gasteiger partial charge in [0, 0.05) is 27.7 Å². The Morgan fingerprint density at radius 2 is 1.90 bits per heavy atom. The third-order valence-corrected chi connectivity index (χ3v) is 6.23. The zero-order valence-corrected chi connectivity index (χ0v) is 18.6. The summed E-state index contributed by atoms with van der Waals surface area (Å²) in [6.45, 7) is 16.9. The molecule has 5 heteroatoms. The standard InChI is InChI=1S/C24H30N2O2S/c1-6-8-9-10-15-26-18(4)21(7-2)17(3)23(26)14-13-19-11-12-20(29-19)16-22(25-5)24(27)28/h11-14,16H,6-10,15H2,1-4H3,(H,27,28)/b14-13+,22-16-. The summed E-state index contributed by atoms with van der Waals surface area (Å²) in [4.78, 5) is 15.9. The van der Waals surface area contributed by atoms with Crippen LogP contribution in [0, 0.1) is 20.4 Å². The van der Waals surface area contributed by atoms with Crippen molar-refractivity contribution >= 4 is 35.5 Å². The number of hydrogen-bond acceptors (Lipinski definition) is 2. The Kier molecular flexibility index (Phi) is 8.48. The first-order chi connectivity index (χ1) is 13.9. The molecule has 2 aromatic rings. The van der Waals surface area contributed by atoms with Crippen molar-refractivity contribution in [3.63, 3.8) is 0 Å². The Morgan fingerprint density at radius 3 is 2.52 bits per heavy atom. The van der Waals surface area contributed by atoms with E-state index in [2.05, 4.69) is 49.3 Å². The average molecular weight is 411 g/mol. The van der Waals surface area contributed by atoms with E-state index in [0.717, 1.165) is 22.7 Å². The van der Waals surface area contributed by atoms with Gasteiger partial charge in [0.05, 0.1) is 6.57 Å². The summed E-state index contributed by atoms with van der Waals surface area (Å²) < 4.78 is 2.44. The van der Waals surface area contributed by atoms with E-state index in [1.54, 1.807) is 0 Å². The van der Waals surface area contributed by atoms with Crippen LogP contribution < -0.4 is 0 Å². The lowest BCUT2D eigenvalue weighted by atomic mass is 10.1. The molecule has 0 amide bonds. The third-order valence-electron chi connectivity index (χ3n) is 5.23. The first-order valence-electron chi connectivity index (χ1n) is 10.2. The van der Waals surface area contributed by atoms with Crippen molar-refractivity contribution < 1.29 is 9.90 Å². The van der Waals surface area contributed by atoms with E-state index in [1.807, 2.05) is 12.1 Å². The second-order valence-electron chi connectivity index (χ2n) is 7.16. The van der Waals surface area contributed by atoms with E-state index in [1.165, 1.54) is 65.6 Å². The van der Waals surface area contributed by atoms with Gasteiger partial charge in [-0.15, -0.1) is 11.3 Å². The fourth-order valence-corrected chi connectivity index (χ4v) is 4.52. The number of carbonyl (C=O) groups is 1. The maximum atomic E-state index is 11.0. The van der Waals surface area contributed by atoms with Crippen molar-refractivity contribution in [3.8, 4) is 0 Å². The van der Waals surface area contributed by atoms with Gasteiger partial charge in [0.2, 0.25) is 0 Å². The summed E-state index contributed by atoms with van der Waals surface area (Å²) in [7, 11) is 0. The monoisotopic (exact) mass is 410 g/mol. The average Bonchev–Trinajstić information content (AvgIpc) is 3.23. The first-order valence-corrected chi connectivity index (χ1v) is 11.0. The topological polar surface area (TPSA) is 46.6 Å². The normalized spacial score (nSPS) is 11.9. The first kappa shape index (κ1) is 22.7. The van der Waals surface area contributed by atoms with Gasteiger partial charge in [-0.25, -0.2) is 4.85 Å². The lowest BCUT2D eigenvalue weighted by Crippen LogP contribution is -2.03. The van der Waals surface area contributed by atoms with Gasteiger partial charge in [0.25, 0.3) is 5.70 Å². The summed E-state index contributed by atoms with van der Waals surface area (Å²) in [6, 6.07) is 3.83. The van der Waals surface area contributed by atoms with Gasteiger partial charge in [0.15, 0.2) is 0 Å². The quantitative estimate of drug-likeness (QED) is 0.265. The highest BCUT2D eigenvalue weighted by Crippen LogP contribution is 2.27. The van der Waals surface area contributed by atoms with Crippen LogP contribution in [0.5, 0.6) is 0 Å². The predicted molar refractivity (Wildman–Crippen MR) is 123 cm³/mol. The summed E-state index contributed by atoms with van der Waals surface area (Å²) in [5.41, 5.74) is 5.13. The Morgan fingerprint density at radius 1 is 1.17 bits per heavy atom. The number of unbranched alkanes of at least 4 members (excludes halogenated alkanes) is 3. The smallest absolute Gasteiger partial charge is 0.333 e. The Labute approximate surface area is 178 Å². The van der Waals surface area contributed by atoms with Gasteiger partial charge in [-0.05, 0) is 68.2 Å². The second-order valence-corrected chi connectivity index (χ2v) is 8.31. The van der Waals surface area contributed by atoms with Gasteiger partial charge in [-0.1, -0.05) is 33.1 Å². The number of carboxylic acid groups (broad SMARTS) is 1. The molecule has 2 aromatic heterocycles. The molecule has 29 heavy (non-hydrogen) atoms. The maximum absolute atomic E-state index is 11.0. The van der Waals surface area contributed by atoms with E-state index >= 15 is 0 Å². The van der Waals surface area contributed by atoms with Crippen LogP contribution in [0.15, 0.2) is 17.8 Å². The van der Waals surface area contributed by atoms with E-state index in [9.17, 15) is 4.79 Å². The third kappa shape index (κ3) is 5.71. The zero-order valence-electron chi connectivity index (χ0n) is 17.8. The van der Waals surface area contributed by atoms with Crippen LogP contribution in [0.4, 0.5) is 0 Å². The molecule has 0 atom stereocenters. The molecule has 0 aliphatic rings. The molecule has 0 bridgehead atoms. The minimum absolute atomic E-state index is 0.262. The fourth-order valence-electron chi connectivity index (χ4n) is 3.67. The minimum Gasteiger partial charge on any atom is -0.486 e. The van der Waals surface area contributed by atoms with Crippen LogP contribution in [-0.2, 0) is 17.8 Å². The number of carboxylic acids is 1. The maximum Gasteiger partial charge on any atom is 0.333 e. The molecule has 0 aliphatic heterocycles. The molecule has 0 fully saturated rings. The van der Waals surface area contributed by atoms with Crippen molar-refractivity contribution in [1.82, 2.24) is 4.57 Å². The number of aromatic nitrogens is 1. The van der Waals surface area contributed by atoms with E-state index in [0.29, 0.717) is 0 Å². The SMILES string of the molecule is [C-]#[N+]/C(=C\c1ccc(/C=C/c2c(C)c(CC)c(C)n2CCCCCC)s1)C(=O)O. The summed E-state index contributed by atoms with van der Waals surface area (Å²) >= 11 is 1.49. The van der Waals surface area contributed by atoms with Gasteiger partial charge in [0.1, 0.15) is 0 Å². The number of aliphatic carboxylic acids is 1. The lowest BCUT2D eigenvalue weighted by molar-refractivity contribution is -0.132. The van der Waals surface area contributed by atoms with Crippen LogP contribution in [-0.4, -0.2) is 15.6 Å². The molecular formula is C24H30N2O2S. The second kappa shape index (κ2) is 10.8. The van der Waals surface area contributed by atoms with Crippen molar-refractivity contribution in [2.45, 2.75) is 66.3 Å². The highest BCUT2D eigenvalue weighted by Gasteiger charge is 2.14. The molecule has 0 aromatic carbocycles. The number of hydrogen-bond donors (Lipinski definition) is 1. The van der Waals surface area contributed by atoms with Crippen molar-refractivity contribution in [2.24, 2.45) is 0 Å². The number of thiophene rings is 1. The van der Waals surface area contributed by atoms with Gasteiger partial charge >= 0.3 is 5.97 Å². The van der Waals surface area contributed by atoms with Gasteiger partial charge < -0.3 is 9.67 Å². The van der Waals surface area contributed by atoms with Crippen LogP contribution in [0.1, 0.15) is 71.8 Å². The zero-order chi connectivity index (χ0) is 21.4. The van der Waals surface area contributed by atoms with Crippen LogP contribution in [0.2, 0.25) is 0 Å². The molecule has 2 heterocycles. The van der Waals surface area contributed by atoms with Crippen LogP contribution in [0.3, 0.4) is 0 Å². The molecule has 154 valence electrons. The van der Waals surface area contributed by atoms with E-state index in [-0.39, 0.29) is 5.70 Å². The fraction of sp³-hybridized carbons (Fsp3) is 0.417. The van der Waals surface area contributed by atoms with E-state index in [4.69, 9.17) is 11.7 Å². The molecule has 0 spiro atoms. The van der Waals surface area contributed by atoms with Crippen LogP contribution >= 0.6 is 11.3 Å². The Hall–Kier alpha value is -2.58. The van der Waals surface area contributed by atoms with Crippen LogP contribution in [0.25, 0.3) is 23.1 Å². The summed E-state index contributed by atoms with van der Waals surface area (Å²) in [5, 5.41) is 9.02. The number of rotatable bonds is 10. The predicted octanol–water partition coefficient (Wildman–Crippen LogP) is 6.82. The lowest BCUT2D eigenvalue weighted by Gasteiger charge is -2.10. The molecule has 0 saturated carbocycles. The molecule has 1 N–H and O–H groups in total. The molecular weight excluding hydrogens is 380 g/mol. The highest BCUT2D eigenvalue weighted by atomic mass is 32.1. The molecule has 0 saturated heterocycles. The molecule has 4 nitrogen and oxygen atoms in total. The number of nitrogens with zero attached hydrogens (tertiary/aromatic N) is 2. The highest BCUT2D eigenvalue weighted by molar-refractivity contribution is 7.13. The molecule has 0 radical (unpaired) electrons. The summed E-state index contributed by atoms with van der Waals surface area (Å²) in [5.74, 6) is -1.19. The summed E-state index contributed by atoms with van der Waals surface area (Å²) in [6.07, 6.45) is 11.7. The Bertz CT molecular complexity index is 954. The van der Waals surface area contributed by atoms with Gasteiger partial charge in [-0.2, -0.15) is 0 Å². The molecule has 0 unspecified atom stereocenters. The molecule has 2 rings (SSSR count).